The SMILES string of the molecule is CCc1ccc(NC(=O)CS(=O)(=O)Cc2ccc(Br)cc2)cc1. The van der Waals surface area contributed by atoms with Crippen LogP contribution in [0.25, 0.3) is 0 Å². The van der Waals surface area contributed by atoms with E-state index in [1.807, 2.05) is 19.1 Å². The molecule has 0 atom stereocenters. The topological polar surface area (TPSA) is 63.2 Å². The van der Waals surface area contributed by atoms with Gasteiger partial charge < -0.3 is 5.32 Å². The molecule has 0 fully saturated rings. The summed E-state index contributed by atoms with van der Waals surface area (Å²) in [6.07, 6.45) is 0.912. The summed E-state index contributed by atoms with van der Waals surface area (Å²) in [7, 11) is -3.51. The molecule has 0 unspecified atom stereocenters. The van der Waals surface area contributed by atoms with Crippen molar-refractivity contribution in [2.45, 2.75) is 19.1 Å². The highest BCUT2D eigenvalue weighted by Crippen LogP contribution is 2.14. The first-order valence-corrected chi connectivity index (χ1v) is 9.83. The summed E-state index contributed by atoms with van der Waals surface area (Å²) >= 11 is 3.30. The molecule has 4 nitrogen and oxygen atoms in total. The summed E-state index contributed by atoms with van der Waals surface area (Å²) in [5.74, 6) is -1.20. The number of sulfone groups is 1. The van der Waals surface area contributed by atoms with Crippen LogP contribution in [-0.4, -0.2) is 20.1 Å². The Morgan fingerprint density at radius 1 is 1.00 bits per heavy atom. The van der Waals surface area contributed by atoms with Gasteiger partial charge in [0, 0.05) is 10.2 Å². The van der Waals surface area contributed by atoms with Gasteiger partial charge in [0.15, 0.2) is 9.84 Å². The summed E-state index contributed by atoms with van der Waals surface area (Å²) in [4.78, 5) is 11.9. The van der Waals surface area contributed by atoms with E-state index in [0.29, 0.717) is 11.3 Å². The molecule has 2 rings (SSSR count). The molecule has 0 aromatic heterocycles. The number of carbonyl (C=O) groups is 1. The van der Waals surface area contributed by atoms with Crippen molar-refractivity contribution in [2.24, 2.45) is 0 Å². The molecule has 2 aromatic rings. The number of aryl methyl sites for hydroxylation is 1. The lowest BCUT2D eigenvalue weighted by atomic mass is 10.1. The van der Waals surface area contributed by atoms with Gasteiger partial charge in [-0.1, -0.05) is 47.1 Å². The zero-order valence-corrected chi connectivity index (χ0v) is 15.2. The first-order valence-electron chi connectivity index (χ1n) is 7.21. The number of amides is 1. The van der Waals surface area contributed by atoms with Gasteiger partial charge in [0.2, 0.25) is 5.91 Å². The van der Waals surface area contributed by atoms with Crippen LogP contribution >= 0.6 is 15.9 Å². The van der Waals surface area contributed by atoms with E-state index in [1.165, 1.54) is 0 Å². The smallest absolute Gasteiger partial charge is 0.239 e. The van der Waals surface area contributed by atoms with Gasteiger partial charge in [-0.2, -0.15) is 0 Å². The molecular weight excluding hydrogens is 378 g/mol. The Bertz CT molecular complexity index is 768. The first-order chi connectivity index (χ1) is 10.9. The minimum absolute atomic E-state index is 0.150. The summed E-state index contributed by atoms with van der Waals surface area (Å²) in [6.45, 7) is 2.04. The van der Waals surface area contributed by atoms with Crippen molar-refractivity contribution in [1.29, 1.82) is 0 Å². The Hall–Kier alpha value is -1.66. The van der Waals surface area contributed by atoms with E-state index in [9.17, 15) is 13.2 Å². The zero-order chi connectivity index (χ0) is 16.9. The maximum atomic E-state index is 12.1. The number of anilines is 1. The van der Waals surface area contributed by atoms with E-state index < -0.39 is 21.5 Å². The van der Waals surface area contributed by atoms with Gasteiger partial charge >= 0.3 is 0 Å². The van der Waals surface area contributed by atoms with Crippen LogP contribution in [0.15, 0.2) is 53.0 Å². The lowest BCUT2D eigenvalue weighted by molar-refractivity contribution is -0.113. The van der Waals surface area contributed by atoms with Crippen LogP contribution in [0.2, 0.25) is 0 Å². The summed E-state index contributed by atoms with van der Waals surface area (Å²) in [5, 5.41) is 2.62. The Morgan fingerprint density at radius 3 is 2.13 bits per heavy atom. The molecule has 0 bridgehead atoms. The molecule has 23 heavy (non-hydrogen) atoms. The number of carbonyl (C=O) groups excluding carboxylic acids is 1. The second kappa shape index (κ2) is 7.75. The monoisotopic (exact) mass is 395 g/mol. The standard InChI is InChI=1S/C17H18BrNO3S/c1-2-13-5-9-16(10-6-13)19-17(20)12-23(21,22)11-14-3-7-15(18)8-4-14/h3-10H,2,11-12H2,1H3,(H,19,20). The molecular formula is C17H18BrNO3S. The normalized spacial score (nSPS) is 11.2. The third-order valence-electron chi connectivity index (χ3n) is 3.30. The number of halogens is 1. The predicted octanol–water partition coefficient (Wildman–Crippen LogP) is 3.57. The molecule has 2 aromatic carbocycles. The highest BCUT2D eigenvalue weighted by Gasteiger charge is 2.17. The average molecular weight is 396 g/mol. The van der Waals surface area contributed by atoms with Crippen LogP contribution in [0.3, 0.4) is 0 Å². The van der Waals surface area contributed by atoms with Crippen LogP contribution in [0.4, 0.5) is 5.69 Å². The summed E-state index contributed by atoms with van der Waals surface area (Å²) < 4.78 is 25.1. The third kappa shape index (κ3) is 5.80. The predicted molar refractivity (Wildman–Crippen MR) is 96.1 cm³/mol. The van der Waals surface area contributed by atoms with Gasteiger partial charge in [-0.15, -0.1) is 0 Å². The Morgan fingerprint density at radius 2 is 1.57 bits per heavy atom. The van der Waals surface area contributed by atoms with E-state index in [2.05, 4.69) is 21.2 Å². The molecule has 122 valence electrons. The lowest BCUT2D eigenvalue weighted by Crippen LogP contribution is -2.23. The maximum absolute atomic E-state index is 12.1. The largest absolute Gasteiger partial charge is 0.325 e. The van der Waals surface area contributed by atoms with Gasteiger partial charge in [0.05, 0.1) is 5.75 Å². The molecule has 0 aliphatic heterocycles. The minimum Gasteiger partial charge on any atom is -0.325 e. The number of hydrogen-bond acceptors (Lipinski definition) is 3. The third-order valence-corrected chi connectivity index (χ3v) is 5.30. The number of nitrogens with one attached hydrogen (secondary N) is 1. The van der Waals surface area contributed by atoms with Crippen molar-refractivity contribution in [1.82, 2.24) is 0 Å². The second-order valence-electron chi connectivity index (χ2n) is 5.26. The molecule has 0 aliphatic rings. The van der Waals surface area contributed by atoms with Crippen molar-refractivity contribution >= 4 is 37.4 Å². The van der Waals surface area contributed by atoms with Crippen LogP contribution < -0.4 is 5.32 Å². The van der Waals surface area contributed by atoms with Crippen molar-refractivity contribution in [3.63, 3.8) is 0 Å². The molecule has 0 saturated heterocycles. The number of hydrogen-bond donors (Lipinski definition) is 1. The van der Waals surface area contributed by atoms with Gasteiger partial charge in [0.1, 0.15) is 5.75 Å². The van der Waals surface area contributed by atoms with Gasteiger partial charge in [-0.25, -0.2) is 8.42 Å². The van der Waals surface area contributed by atoms with Crippen molar-refractivity contribution < 1.29 is 13.2 Å². The van der Waals surface area contributed by atoms with E-state index in [-0.39, 0.29) is 5.75 Å². The van der Waals surface area contributed by atoms with Crippen molar-refractivity contribution in [2.75, 3.05) is 11.1 Å². The maximum Gasteiger partial charge on any atom is 0.239 e. The van der Waals surface area contributed by atoms with Crippen LogP contribution in [0.5, 0.6) is 0 Å². The average Bonchev–Trinajstić information content (AvgIpc) is 2.49. The van der Waals surface area contributed by atoms with Crippen LogP contribution in [0, 0.1) is 0 Å². The fraction of sp³-hybridized carbons (Fsp3) is 0.235. The van der Waals surface area contributed by atoms with E-state index in [1.54, 1.807) is 36.4 Å². The molecule has 0 radical (unpaired) electrons. The van der Waals surface area contributed by atoms with E-state index >= 15 is 0 Å². The quantitative estimate of drug-likeness (QED) is 0.812. The van der Waals surface area contributed by atoms with Crippen LogP contribution in [0.1, 0.15) is 18.1 Å². The van der Waals surface area contributed by atoms with Crippen molar-refractivity contribution in [3.05, 3.63) is 64.1 Å². The fourth-order valence-corrected chi connectivity index (χ4v) is 3.64. The molecule has 0 saturated carbocycles. The molecule has 0 heterocycles. The second-order valence-corrected chi connectivity index (χ2v) is 8.24. The van der Waals surface area contributed by atoms with E-state index in [0.717, 1.165) is 16.5 Å². The lowest BCUT2D eigenvalue weighted by Gasteiger charge is -2.07. The Labute approximate surface area is 145 Å². The molecule has 1 N–H and O–H groups in total. The molecule has 0 aliphatic carbocycles. The van der Waals surface area contributed by atoms with Gasteiger partial charge in [-0.05, 0) is 41.8 Å². The van der Waals surface area contributed by atoms with Crippen LogP contribution in [-0.2, 0) is 26.8 Å². The summed E-state index contributed by atoms with van der Waals surface area (Å²) in [6, 6.07) is 14.4. The van der Waals surface area contributed by atoms with E-state index in [4.69, 9.17) is 0 Å². The van der Waals surface area contributed by atoms with Gasteiger partial charge in [0.25, 0.3) is 0 Å². The first kappa shape index (κ1) is 17.7. The Kier molecular flexibility index (Phi) is 5.96. The Balaban J connectivity index is 1.96. The molecule has 1 amide bonds. The zero-order valence-electron chi connectivity index (χ0n) is 12.8. The molecule has 6 heteroatoms. The highest BCUT2D eigenvalue weighted by atomic mass is 79.9. The van der Waals surface area contributed by atoms with Gasteiger partial charge in [-0.3, -0.25) is 4.79 Å². The number of rotatable bonds is 6. The van der Waals surface area contributed by atoms with Crippen molar-refractivity contribution in [3.8, 4) is 0 Å². The minimum atomic E-state index is -3.51. The summed E-state index contributed by atoms with van der Waals surface area (Å²) in [5.41, 5.74) is 2.42. The number of benzene rings is 2. The molecule has 0 spiro atoms. The fourth-order valence-electron chi connectivity index (χ4n) is 2.11. The highest BCUT2D eigenvalue weighted by molar-refractivity contribution is 9.10.